The molecule has 1 aromatic carbocycles. The van der Waals surface area contributed by atoms with E-state index in [4.69, 9.17) is 4.74 Å². The summed E-state index contributed by atoms with van der Waals surface area (Å²) in [5.41, 5.74) is 0.705. The Morgan fingerprint density at radius 1 is 1.00 bits per heavy atom. The van der Waals surface area contributed by atoms with E-state index in [0.29, 0.717) is 18.8 Å². The zero-order valence-electron chi connectivity index (χ0n) is 19.7. The first-order valence-electron chi connectivity index (χ1n) is 12.4. The predicted octanol–water partition coefficient (Wildman–Crippen LogP) is 2.42. The highest BCUT2D eigenvalue weighted by atomic mass is 32.2. The quantitative estimate of drug-likeness (QED) is 0.596. The van der Waals surface area contributed by atoms with Crippen LogP contribution in [-0.2, 0) is 19.6 Å². The number of nitrogens with zero attached hydrogens (tertiary/aromatic N) is 2. The van der Waals surface area contributed by atoms with Gasteiger partial charge in [0.15, 0.2) is 0 Å². The molecule has 0 spiro atoms. The molecule has 8 nitrogen and oxygen atoms in total. The maximum atomic E-state index is 12.8. The molecule has 0 bridgehead atoms. The molecule has 1 saturated carbocycles. The van der Waals surface area contributed by atoms with Crippen LogP contribution in [0.15, 0.2) is 29.2 Å². The highest BCUT2D eigenvalue weighted by molar-refractivity contribution is 7.89. The lowest BCUT2D eigenvalue weighted by molar-refractivity contribution is -0.118. The van der Waals surface area contributed by atoms with E-state index in [0.717, 1.165) is 58.5 Å². The van der Waals surface area contributed by atoms with Gasteiger partial charge in [-0.3, -0.25) is 9.69 Å². The molecule has 3 fully saturated rings. The Morgan fingerprint density at radius 2 is 1.64 bits per heavy atom. The monoisotopic (exact) mass is 478 g/mol. The van der Waals surface area contributed by atoms with E-state index in [9.17, 15) is 13.2 Å². The Labute approximate surface area is 198 Å². The number of nitrogens with one attached hydrogen (secondary N) is 2. The number of sulfonamides is 1. The first kappa shape index (κ1) is 24.6. The summed E-state index contributed by atoms with van der Waals surface area (Å²) in [7, 11) is -3.44. The lowest BCUT2D eigenvalue weighted by atomic mass is 9.79. The van der Waals surface area contributed by atoms with Gasteiger partial charge in [-0.2, -0.15) is 4.31 Å². The number of hydrogen-bond donors (Lipinski definition) is 2. The second-order valence-electron chi connectivity index (χ2n) is 9.61. The smallest absolute Gasteiger partial charge is 0.243 e. The molecule has 9 heteroatoms. The number of hydrogen-bond acceptors (Lipinski definition) is 6. The molecule has 1 atom stereocenters. The molecule has 0 aromatic heterocycles. The minimum atomic E-state index is -3.44. The van der Waals surface area contributed by atoms with Crippen molar-refractivity contribution in [3.8, 4) is 0 Å². The van der Waals surface area contributed by atoms with Crippen LogP contribution < -0.4 is 10.6 Å². The molecule has 4 rings (SSSR count). The van der Waals surface area contributed by atoms with Crippen molar-refractivity contribution in [3.05, 3.63) is 24.3 Å². The van der Waals surface area contributed by atoms with Crippen LogP contribution in [0.25, 0.3) is 0 Å². The van der Waals surface area contributed by atoms with E-state index in [1.165, 1.54) is 23.6 Å². The van der Waals surface area contributed by atoms with Gasteiger partial charge in [-0.15, -0.1) is 0 Å². The number of benzene rings is 1. The van der Waals surface area contributed by atoms with Crippen LogP contribution in [-0.4, -0.2) is 81.0 Å². The molecule has 33 heavy (non-hydrogen) atoms. The number of carbonyl (C=O) groups is 1. The SMILES string of the molecule is CC(NCC1(N2CCOCC2)CCCCC1)C(=O)Nc1ccc(S(=O)(=O)N2CCCC2)cc1. The van der Waals surface area contributed by atoms with Crippen molar-refractivity contribution >= 4 is 21.6 Å². The van der Waals surface area contributed by atoms with E-state index in [1.54, 1.807) is 24.3 Å². The summed E-state index contributed by atoms with van der Waals surface area (Å²) < 4.78 is 32.5. The normalized spacial score (nSPS) is 23.3. The lowest BCUT2D eigenvalue weighted by Gasteiger charge is -2.48. The van der Waals surface area contributed by atoms with Crippen LogP contribution in [0.2, 0.25) is 0 Å². The second kappa shape index (κ2) is 10.8. The van der Waals surface area contributed by atoms with Gasteiger partial charge in [0.05, 0.1) is 24.2 Å². The number of anilines is 1. The van der Waals surface area contributed by atoms with Crippen molar-refractivity contribution in [2.45, 2.75) is 68.3 Å². The molecule has 1 amide bonds. The minimum Gasteiger partial charge on any atom is -0.379 e. The van der Waals surface area contributed by atoms with Crippen LogP contribution in [0.5, 0.6) is 0 Å². The van der Waals surface area contributed by atoms with Gasteiger partial charge in [0, 0.05) is 44.0 Å². The first-order valence-corrected chi connectivity index (χ1v) is 13.8. The van der Waals surface area contributed by atoms with Crippen molar-refractivity contribution in [2.75, 3.05) is 51.3 Å². The molecule has 1 unspecified atom stereocenters. The Morgan fingerprint density at radius 3 is 2.27 bits per heavy atom. The zero-order valence-corrected chi connectivity index (χ0v) is 20.5. The predicted molar refractivity (Wildman–Crippen MR) is 129 cm³/mol. The number of amides is 1. The summed E-state index contributed by atoms with van der Waals surface area (Å²) in [5, 5.41) is 6.41. The fourth-order valence-electron chi connectivity index (χ4n) is 5.33. The number of rotatable bonds is 8. The van der Waals surface area contributed by atoms with Gasteiger partial charge in [0.1, 0.15) is 0 Å². The number of carbonyl (C=O) groups excluding carboxylic acids is 1. The summed E-state index contributed by atoms with van der Waals surface area (Å²) >= 11 is 0. The van der Waals surface area contributed by atoms with Gasteiger partial charge in [-0.05, 0) is 56.9 Å². The molecule has 2 N–H and O–H groups in total. The molecule has 1 aliphatic carbocycles. The average molecular weight is 479 g/mol. The first-order chi connectivity index (χ1) is 15.9. The number of morpholine rings is 1. The third kappa shape index (κ3) is 5.77. The molecule has 0 radical (unpaired) electrons. The highest BCUT2D eigenvalue weighted by Gasteiger charge is 2.39. The summed E-state index contributed by atoms with van der Waals surface area (Å²) in [6.45, 7) is 7.30. The third-order valence-electron chi connectivity index (χ3n) is 7.42. The van der Waals surface area contributed by atoms with E-state index >= 15 is 0 Å². The largest absolute Gasteiger partial charge is 0.379 e. The third-order valence-corrected chi connectivity index (χ3v) is 9.33. The van der Waals surface area contributed by atoms with Gasteiger partial charge < -0.3 is 15.4 Å². The second-order valence-corrected chi connectivity index (χ2v) is 11.5. The van der Waals surface area contributed by atoms with Crippen molar-refractivity contribution in [3.63, 3.8) is 0 Å². The van der Waals surface area contributed by atoms with Crippen LogP contribution in [0.3, 0.4) is 0 Å². The molecular weight excluding hydrogens is 440 g/mol. The van der Waals surface area contributed by atoms with Crippen LogP contribution >= 0.6 is 0 Å². The number of ether oxygens (including phenoxy) is 1. The Hall–Kier alpha value is -1.52. The molecule has 2 aliphatic heterocycles. The summed E-state index contributed by atoms with van der Waals surface area (Å²) in [4.78, 5) is 15.7. The van der Waals surface area contributed by atoms with Gasteiger partial charge in [-0.25, -0.2) is 8.42 Å². The van der Waals surface area contributed by atoms with Gasteiger partial charge >= 0.3 is 0 Å². The van der Waals surface area contributed by atoms with E-state index in [1.807, 2.05) is 6.92 Å². The maximum Gasteiger partial charge on any atom is 0.243 e. The maximum absolute atomic E-state index is 12.8. The Balaban J connectivity index is 1.33. The van der Waals surface area contributed by atoms with Crippen molar-refractivity contribution in [1.82, 2.24) is 14.5 Å². The fraction of sp³-hybridized carbons (Fsp3) is 0.708. The average Bonchev–Trinajstić information content (AvgIpc) is 3.40. The van der Waals surface area contributed by atoms with Crippen molar-refractivity contribution in [1.29, 1.82) is 0 Å². The highest BCUT2D eigenvalue weighted by Crippen LogP contribution is 2.34. The molecule has 2 heterocycles. The summed E-state index contributed by atoms with van der Waals surface area (Å²) in [5.74, 6) is -0.113. The minimum absolute atomic E-state index is 0.0994. The van der Waals surface area contributed by atoms with Gasteiger partial charge in [-0.1, -0.05) is 19.3 Å². The van der Waals surface area contributed by atoms with Crippen molar-refractivity contribution in [2.24, 2.45) is 0 Å². The van der Waals surface area contributed by atoms with Crippen LogP contribution in [0.1, 0.15) is 51.9 Å². The molecule has 3 aliphatic rings. The molecular formula is C24H38N4O4S. The van der Waals surface area contributed by atoms with E-state index < -0.39 is 10.0 Å². The standard InChI is InChI=1S/C24H38N4O4S/c1-20(25-19-24(11-3-2-4-12-24)27-15-17-32-18-16-27)23(29)26-21-7-9-22(10-8-21)33(30,31)28-13-5-6-14-28/h7-10,20,25H,2-6,11-19H2,1H3,(H,26,29). The molecule has 1 aromatic rings. The Kier molecular flexibility index (Phi) is 8.07. The Bertz CT molecular complexity index is 888. The van der Waals surface area contributed by atoms with Gasteiger partial charge in [0.25, 0.3) is 0 Å². The molecule has 2 saturated heterocycles. The van der Waals surface area contributed by atoms with Gasteiger partial charge in [0.2, 0.25) is 15.9 Å². The summed E-state index contributed by atoms with van der Waals surface area (Å²) in [6.07, 6.45) is 7.86. The van der Waals surface area contributed by atoms with E-state index in [-0.39, 0.29) is 22.4 Å². The zero-order chi connectivity index (χ0) is 23.3. The summed E-state index contributed by atoms with van der Waals surface area (Å²) in [6, 6.07) is 6.15. The van der Waals surface area contributed by atoms with Crippen LogP contribution in [0.4, 0.5) is 5.69 Å². The fourth-order valence-corrected chi connectivity index (χ4v) is 6.84. The molecule has 184 valence electrons. The van der Waals surface area contributed by atoms with Crippen molar-refractivity contribution < 1.29 is 17.9 Å². The topological polar surface area (TPSA) is 91.0 Å². The van der Waals surface area contributed by atoms with E-state index in [2.05, 4.69) is 15.5 Å². The van der Waals surface area contributed by atoms with Crippen LogP contribution in [0, 0.1) is 0 Å². The lowest BCUT2D eigenvalue weighted by Crippen LogP contribution is -2.60.